The molecule has 0 aliphatic carbocycles. The van der Waals surface area contributed by atoms with E-state index in [-0.39, 0.29) is 17.1 Å². The van der Waals surface area contributed by atoms with Crippen molar-refractivity contribution in [1.29, 1.82) is 0 Å². The first-order chi connectivity index (χ1) is 9.47. The topological polar surface area (TPSA) is 43.4 Å². The number of aryl methyl sites for hydroxylation is 1. The summed E-state index contributed by atoms with van der Waals surface area (Å²) in [6, 6.07) is 10.0. The third-order valence-corrected chi connectivity index (χ3v) is 2.80. The number of Topliss-reactive ketones (excluding diaryl/α,β-unsaturated/α-hetero) is 1. The molecule has 2 aromatic rings. The number of ketones is 1. The van der Waals surface area contributed by atoms with E-state index in [1.807, 2.05) is 6.92 Å². The van der Waals surface area contributed by atoms with E-state index in [4.69, 9.17) is 4.74 Å². The Morgan fingerprint density at radius 1 is 1.05 bits per heavy atom. The maximum atomic E-state index is 12.8. The van der Waals surface area contributed by atoms with Gasteiger partial charge in [-0.05, 0) is 50.2 Å². The van der Waals surface area contributed by atoms with Gasteiger partial charge in [0.15, 0.2) is 5.78 Å². The van der Waals surface area contributed by atoms with Crippen LogP contribution in [0.2, 0.25) is 0 Å². The van der Waals surface area contributed by atoms with Crippen molar-refractivity contribution in [2.24, 2.45) is 0 Å². The van der Waals surface area contributed by atoms with Crippen LogP contribution in [0.25, 0.3) is 0 Å². The molecule has 2 aromatic carbocycles. The number of hydrogen-bond donors (Lipinski definition) is 0. The van der Waals surface area contributed by atoms with Crippen molar-refractivity contribution in [2.45, 2.75) is 13.8 Å². The summed E-state index contributed by atoms with van der Waals surface area (Å²) in [4.78, 5) is 23.5. The number of ether oxygens (including phenoxy) is 1. The molecule has 4 heteroatoms. The Kier molecular flexibility index (Phi) is 3.94. The first kappa shape index (κ1) is 13.9. The zero-order valence-electron chi connectivity index (χ0n) is 11.1. The number of halogens is 1. The highest BCUT2D eigenvalue weighted by atomic mass is 19.1. The molecule has 0 unspecified atom stereocenters. The molecule has 3 nitrogen and oxygen atoms in total. The SMILES string of the molecule is CC(=O)c1cc(C)ccc1OC(=O)c1ccc(F)cc1. The van der Waals surface area contributed by atoms with Gasteiger partial charge in [0.05, 0.1) is 11.1 Å². The van der Waals surface area contributed by atoms with Crippen LogP contribution in [-0.2, 0) is 0 Å². The minimum Gasteiger partial charge on any atom is -0.422 e. The lowest BCUT2D eigenvalue weighted by Crippen LogP contribution is -2.11. The molecule has 0 spiro atoms. The van der Waals surface area contributed by atoms with Gasteiger partial charge >= 0.3 is 5.97 Å². The summed E-state index contributed by atoms with van der Waals surface area (Å²) in [7, 11) is 0. The van der Waals surface area contributed by atoms with Crippen LogP contribution in [0.3, 0.4) is 0 Å². The molecule has 0 N–H and O–H groups in total. The third kappa shape index (κ3) is 3.09. The van der Waals surface area contributed by atoms with Gasteiger partial charge in [-0.25, -0.2) is 9.18 Å². The molecule has 0 saturated heterocycles. The molecule has 0 saturated carbocycles. The van der Waals surface area contributed by atoms with Crippen molar-refractivity contribution >= 4 is 11.8 Å². The van der Waals surface area contributed by atoms with E-state index in [0.29, 0.717) is 5.56 Å². The van der Waals surface area contributed by atoms with Crippen LogP contribution in [0.4, 0.5) is 4.39 Å². The predicted octanol–water partition coefficient (Wildman–Crippen LogP) is 3.56. The van der Waals surface area contributed by atoms with Crippen LogP contribution in [0.1, 0.15) is 33.2 Å². The molecule has 0 aliphatic heterocycles. The number of carbonyl (C=O) groups is 2. The average molecular weight is 272 g/mol. The smallest absolute Gasteiger partial charge is 0.343 e. The van der Waals surface area contributed by atoms with Crippen molar-refractivity contribution in [2.75, 3.05) is 0 Å². The summed E-state index contributed by atoms with van der Waals surface area (Å²) in [5.74, 6) is -1.04. The Morgan fingerprint density at radius 2 is 1.70 bits per heavy atom. The summed E-state index contributed by atoms with van der Waals surface area (Å²) < 4.78 is 18.0. The van der Waals surface area contributed by atoms with Gasteiger partial charge in [-0.15, -0.1) is 0 Å². The van der Waals surface area contributed by atoms with Crippen LogP contribution in [0.5, 0.6) is 5.75 Å². The fraction of sp³-hybridized carbons (Fsp3) is 0.125. The van der Waals surface area contributed by atoms with Gasteiger partial charge in [0.25, 0.3) is 0 Å². The van der Waals surface area contributed by atoms with Gasteiger partial charge in [-0.2, -0.15) is 0 Å². The van der Waals surface area contributed by atoms with E-state index >= 15 is 0 Å². The number of benzene rings is 2. The van der Waals surface area contributed by atoms with Gasteiger partial charge < -0.3 is 4.74 Å². The first-order valence-corrected chi connectivity index (χ1v) is 6.06. The molecule has 0 aliphatic rings. The predicted molar refractivity (Wildman–Crippen MR) is 72.5 cm³/mol. The fourth-order valence-corrected chi connectivity index (χ4v) is 1.75. The number of esters is 1. The van der Waals surface area contributed by atoms with E-state index in [9.17, 15) is 14.0 Å². The Bertz CT molecular complexity index is 660. The third-order valence-electron chi connectivity index (χ3n) is 2.80. The van der Waals surface area contributed by atoms with Crippen molar-refractivity contribution in [1.82, 2.24) is 0 Å². The zero-order chi connectivity index (χ0) is 14.7. The van der Waals surface area contributed by atoms with E-state index in [1.165, 1.54) is 31.2 Å². The molecule has 0 fully saturated rings. The summed E-state index contributed by atoms with van der Waals surface area (Å²) in [6.07, 6.45) is 0. The van der Waals surface area contributed by atoms with Crippen molar-refractivity contribution < 1.29 is 18.7 Å². The number of rotatable bonds is 3. The van der Waals surface area contributed by atoms with E-state index in [0.717, 1.165) is 5.56 Å². The fourth-order valence-electron chi connectivity index (χ4n) is 1.75. The summed E-state index contributed by atoms with van der Waals surface area (Å²) in [5, 5.41) is 0. The summed E-state index contributed by atoms with van der Waals surface area (Å²) >= 11 is 0. The van der Waals surface area contributed by atoms with Gasteiger partial charge in [0.1, 0.15) is 11.6 Å². The first-order valence-electron chi connectivity index (χ1n) is 6.06. The highest BCUT2D eigenvalue weighted by Crippen LogP contribution is 2.22. The summed E-state index contributed by atoms with van der Waals surface area (Å²) in [5.41, 5.74) is 1.47. The number of carbonyl (C=O) groups excluding carboxylic acids is 2. The van der Waals surface area contributed by atoms with E-state index in [2.05, 4.69) is 0 Å². The molecule has 0 radical (unpaired) electrons. The molecule has 0 amide bonds. The second-order valence-electron chi connectivity index (χ2n) is 4.45. The molecule has 20 heavy (non-hydrogen) atoms. The normalized spacial score (nSPS) is 10.2. The maximum Gasteiger partial charge on any atom is 0.343 e. The van der Waals surface area contributed by atoms with Gasteiger partial charge in [-0.3, -0.25) is 4.79 Å². The van der Waals surface area contributed by atoms with Gasteiger partial charge in [0.2, 0.25) is 0 Å². The van der Waals surface area contributed by atoms with E-state index in [1.54, 1.807) is 18.2 Å². The molecule has 102 valence electrons. The van der Waals surface area contributed by atoms with Crippen LogP contribution < -0.4 is 4.74 Å². The maximum absolute atomic E-state index is 12.8. The highest BCUT2D eigenvalue weighted by molar-refractivity contribution is 5.99. The molecule has 0 heterocycles. The van der Waals surface area contributed by atoms with Gasteiger partial charge in [0, 0.05) is 0 Å². The molecular formula is C16H13FO3. The standard InChI is InChI=1S/C16H13FO3/c1-10-3-8-15(14(9-10)11(2)18)20-16(19)12-4-6-13(17)7-5-12/h3-9H,1-2H3. The molecular weight excluding hydrogens is 259 g/mol. The van der Waals surface area contributed by atoms with Crippen molar-refractivity contribution in [3.05, 3.63) is 65.0 Å². The second kappa shape index (κ2) is 5.65. The molecule has 0 bridgehead atoms. The minimum absolute atomic E-state index is 0.185. The lowest BCUT2D eigenvalue weighted by atomic mass is 10.1. The lowest BCUT2D eigenvalue weighted by molar-refractivity contribution is 0.0732. The molecule has 0 atom stereocenters. The molecule has 0 aromatic heterocycles. The Balaban J connectivity index is 2.28. The Labute approximate surface area is 116 Å². The number of hydrogen-bond acceptors (Lipinski definition) is 3. The zero-order valence-corrected chi connectivity index (χ0v) is 11.1. The second-order valence-corrected chi connectivity index (χ2v) is 4.45. The van der Waals surface area contributed by atoms with Crippen molar-refractivity contribution in [3.63, 3.8) is 0 Å². The quantitative estimate of drug-likeness (QED) is 0.487. The molecule has 2 rings (SSSR count). The van der Waals surface area contributed by atoms with Crippen molar-refractivity contribution in [3.8, 4) is 5.75 Å². The lowest BCUT2D eigenvalue weighted by Gasteiger charge is -2.09. The van der Waals surface area contributed by atoms with Crippen LogP contribution in [0.15, 0.2) is 42.5 Å². The van der Waals surface area contributed by atoms with Crippen LogP contribution in [0, 0.1) is 12.7 Å². The Hall–Kier alpha value is -2.49. The minimum atomic E-state index is -0.628. The largest absolute Gasteiger partial charge is 0.422 e. The highest BCUT2D eigenvalue weighted by Gasteiger charge is 2.14. The average Bonchev–Trinajstić information content (AvgIpc) is 2.41. The van der Waals surface area contributed by atoms with E-state index < -0.39 is 11.8 Å². The van der Waals surface area contributed by atoms with Gasteiger partial charge in [-0.1, -0.05) is 11.6 Å². The Morgan fingerprint density at radius 3 is 2.30 bits per heavy atom. The van der Waals surface area contributed by atoms with Crippen LogP contribution in [-0.4, -0.2) is 11.8 Å². The summed E-state index contributed by atoms with van der Waals surface area (Å²) in [6.45, 7) is 3.25. The van der Waals surface area contributed by atoms with Crippen LogP contribution >= 0.6 is 0 Å². The monoisotopic (exact) mass is 272 g/mol.